The standard InChI is InChI=1S/C20H24O8/c1-4-25-18(22)16-12(21)9-20(3,24)17(19(23)26-5-2)15(16)11-6-7-13-14(8-11)28-10-27-13/h6-8,15-17,24H,4-5,9-10H2,1-3H3/t15-,16+,17-,20-/m1/s1. The van der Waals surface area contributed by atoms with E-state index in [1.54, 1.807) is 32.0 Å². The predicted octanol–water partition coefficient (Wildman–Crippen LogP) is 1.58. The molecule has 0 bridgehead atoms. The maximum absolute atomic E-state index is 12.8. The van der Waals surface area contributed by atoms with Crippen molar-refractivity contribution in [3.05, 3.63) is 23.8 Å². The second-order valence-corrected chi connectivity index (χ2v) is 7.10. The van der Waals surface area contributed by atoms with Crippen LogP contribution in [0.2, 0.25) is 0 Å². The van der Waals surface area contributed by atoms with E-state index in [0.717, 1.165) is 0 Å². The Kier molecular flexibility index (Phi) is 5.60. The fourth-order valence-electron chi connectivity index (χ4n) is 4.00. The van der Waals surface area contributed by atoms with Crippen LogP contribution in [0.15, 0.2) is 18.2 Å². The first-order valence-corrected chi connectivity index (χ1v) is 9.28. The average Bonchev–Trinajstić information content (AvgIpc) is 3.08. The van der Waals surface area contributed by atoms with Gasteiger partial charge in [-0.1, -0.05) is 6.07 Å². The summed E-state index contributed by atoms with van der Waals surface area (Å²) in [6.45, 7) is 4.96. The van der Waals surface area contributed by atoms with Crippen molar-refractivity contribution in [2.24, 2.45) is 11.8 Å². The normalized spacial score (nSPS) is 28.7. The number of hydrogen-bond donors (Lipinski definition) is 1. The van der Waals surface area contributed by atoms with Gasteiger partial charge in [0.25, 0.3) is 0 Å². The van der Waals surface area contributed by atoms with Crippen LogP contribution in [0.25, 0.3) is 0 Å². The lowest BCUT2D eigenvalue weighted by Crippen LogP contribution is -2.55. The van der Waals surface area contributed by atoms with Crippen LogP contribution in [0.5, 0.6) is 11.5 Å². The lowest BCUT2D eigenvalue weighted by Gasteiger charge is -2.43. The number of hydrogen-bond acceptors (Lipinski definition) is 8. The number of rotatable bonds is 5. The van der Waals surface area contributed by atoms with Crippen LogP contribution < -0.4 is 9.47 Å². The maximum atomic E-state index is 12.8. The number of carbonyl (C=O) groups is 3. The molecule has 4 atom stereocenters. The van der Waals surface area contributed by atoms with Crippen LogP contribution in [0.3, 0.4) is 0 Å². The summed E-state index contributed by atoms with van der Waals surface area (Å²) in [5.74, 6) is -4.21. The van der Waals surface area contributed by atoms with E-state index in [9.17, 15) is 19.5 Å². The fraction of sp³-hybridized carbons (Fsp3) is 0.550. The van der Waals surface area contributed by atoms with E-state index in [2.05, 4.69) is 0 Å². The highest BCUT2D eigenvalue weighted by Gasteiger charge is 2.57. The van der Waals surface area contributed by atoms with Gasteiger partial charge in [0.1, 0.15) is 5.92 Å². The number of aliphatic hydroxyl groups is 1. The molecule has 28 heavy (non-hydrogen) atoms. The number of Topliss-reactive ketones (excluding diaryl/α,β-unsaturated/α-hetero) is 1. The van der Waals surface area contributed by atoms with Gasteiger partial charge in [0.2, 0.25) is 6.79 Å². The molecule has 1 fully saturated rings. The van der Waals surface area contributed by atoms with Crippen LogP contribution in [0.4, 0.5) is 0 Å². The Bertz CT molecular complexity index is 784. The Morgan fingerprint density at radius 1 is 1.14 bits per heavy atom. The number of benzene rings is 1. The Hall–Kier alpha value is -2.61. The van der Waals surface area contributed by atoms with Crippen LogP contribution in [0.1, 0.15) is 38.7 Å². The molecule has 1 heterocycles. The molecule has 1 saturated carbocycles. The molecule has 152 valence electrons. The van der Waals surface area contributed by atoms with E-state index in [1.807, 2.05) is 0 Å². The van der Waals surface area contributed by atoms with Crippen molar-refractivity contribution < 1.29 is 38.4 Å². The number of esters is 2. The molecule has 8 nitrogen and oxygen atoms in total. The van der Waals surface area contributed by atoms with Gasteiger partial charge in [-0.2, -0.15) is 0 Å². The van der Waals surface area contributed by atoms with Gasteiger partial charge in [-0.05, 0) is 38.5 Å². The third-order valence-corrected chi connectivity index (χ3v) is 5.13. The van der Waals surface area contributed by atoms with Crippen LogP contribution in [-0.2, 0) is 23.9 Å². The van der Waals surface area contributed by atoms with Gasteiger partial charge in [0, 0.05) is 12.3 Å². The Balaban J connectivity index is 2.12. The monoisotopic (exact) mass is 392 g/mol. The summed E-state index contributed by atoms with van der Waals surface area (Å²) >= 11 is 0. The molecule has 0 saturated heterocycles. The van der Waals surface area contributed by atoms with E-state index in [-0.39, 0.29) is 26.4 Å². The topological polar surface area (TPSA) is 108 Å². The smallest absolute Gasteiger partial charge is 0.317 e. The molecule has 1 aromatic carbocycles. The van der Waals surface area contributed by atoms with Crippen molar-refractivity contribution in [3.8, 4) is 11.5 Å². The van der Waals surface area contributed by atoms with Gasteiger partial charge in [-0.3, -0.25) is 14.4 Å². The minimum atomic E-state index is -1.67. The van der Waals surface area contributed by atoms with Crippen molar-refractivity contribution in [2.75, 3.05) is 20.0 Å². The molecule has 2 aliphatic rings. The first-order valence-electron chi connectivity index (χ1n) is 9.28. The van der Waals surface area contributed by atoms with E-state index in [1.165, 1.54) is 6.92 Å². The van der Waals surface area contributed by atoms with Gasteiger partial charge >= 0.3 is 11.9 Å². The SMILES string of the molecule is CCOC(=O)[C@H]1C(=O)C[C@@](C)(O)[C@@H](C(=O)OCC)[C@@H]1c1ccc2c(c1)OCO2. The summed E-state index contributed by atoms with van der Waals surface area (Å²) in [6.07, 6.45) is -0.346. The number of carbonyl (C=O) groups excluding carboxylic acids is 3. The number of fused-ring (bicyclic) bond motifs is 1. The van der Waals surface area contributed by atoms with Crippen molar-refractivity contribution in [1.82, 2.24) is 0 Å². The minimum Gasteiger partial charge on any atom is -0.466 e. The van der Waals surface area contributed by atoms with E-state index >= 15 is 0 Å². The highest BCUT2D eigenvalue weighted by Crippen LogP contribution is 2.48. The molecule has 8 heteroatoms. The van der Waals surface area contributed by atoms with Gasteiger partial charge in [0.15, 0.2) is 17.3 Å². The molecule has 3 rings (SSSR count). The second-order valence-electron chi connectivity index (χ2n) is 7.10. The Labute approximate surface area is 162 Å². The van der Waals surface area contributed by atoms with E-state index in [0.29, 0.717) is 17.1 Å². The highest BCUT2D eigenvalue weighted by atomic mass is 16.7. The lowest BCUT2D eigenvalue weighted by atomic mass is 9.61. The largest absolute Gasteiger partial charge is 0.466 e. The Morgan fingerprint density at radius 3 is 2.46 bits per heavy atom. The van der Waals surface area contributed by atoms with Crippen LogP contribution in [-0.4, -0.2) is 48.4 Å². The zero-order chi connectivity index (χ0) is 20.5. The number of ketones is 1. The summed E-state index contributed by atoms with van der Waals surface area (Å²) in [5, 5.41) is 10.9. The predicted molar refractivity (Wildman–Crippen MR) is 95.8 cm³/mol. The third-order valence-electron chi connectivity index (χ3n) is 5.13. The average molecular weight is 392 g/mol. The van der Waals surface area contributed by atoms with Gasteiger partial charge in [0.05, 0.1) is 24.7 Å². The molecule has 1 aliphatic carbocycles. The molecule has 0 amide bonds. The number of ether oxygens (including phenoxy) is 4. The third kappa shape index (κ3) is 3.56. The van der Waals surface area contributed by atoms with Crippen molar-refractivity contribution in [2.45, 2.75) is 38.7 Å². The first-order chi connectivity index (χ1) is 13.3. The Morgan fingerprint density at radius 2 is 1.79 bits per heavy atom. The minimum absolute atomic E-state index is 0.0582. The molecule has 0 spiro atoms. The summed E-state index contributed by atoms with van der Waals surface area (Å²) in [5.41, 5.74) is -1.18. The quantitative estimate of drug-likeness (QED) is 0.594. The summed E-state index contributed by atoms with van der Waals surface area (Å²) in [4.78, 5) is 38.2. The van der Waals surface area contributed by atoms with Gasteiger partial charge in [-0.25, -0.2) is 0 Å². The highest BCUT2D eigenvalue weighted by molar-refractivity contribution is 6.02. The lowest BCUT2D eigenvalue weighted by molar-refractivity contribution is -0.172. The molecule has 0 unspecified atom stereocenters. The van der Waals surface area contributed by atoms with Crippen LogP contribution >= 0.6 is 0 Å². The molecule has 1 aliphatic heterocycles. The second kappa shape index (κ2) is 7.79. The van der Waals surface area contributed by atoms with Crippen molar-refractivity contribution in [3.63, 3.8) is 0 Å². The summed E-state index contributed by atoms with van der Waals surface area (Å²) < 4.78 is 21.0. The van der Waals surface area contributed by atoms with E-state index < -0.39 is 41.1 Å². The van der Waals surface area contributed by atoms with Gasteiger partial charge in [-0.15, -0.1) is 0 Å². The maximum Gasteiger partial charge on any atom is 0.317 e. The molecular formula is C20H24O8. The van der Waals surface area contributed by atoms with Crippen molar-refractivity contribution >= 4 is 17.7 Å². The van der Waals surface area contributed by atoms with Crippen LogP contribution in [0, 0.1) is 11.8 Å². The van der Waals surface area contributed by atoms with Gasteiger partial charge < -0.3 is 24.1 Å². The zero-order valence-electron chi connectivity index (χ0n) is 16.1. The van der Waals surface area contributed by atoms with Crippen molar-refractivity contribution in [1.29, 1.82) is 0 Å². The molecule has 0 radical (unpaired) electrons. The van der Waals surface area contributed by atoms with E-state index in [4.69, 9.17) is 18.9 Å². The molecule has 1 aromatic rings. The summed E-state index contributed by atoms with van der Waals surface area (Å²) in [7, 11) is 0. The zero-order valence-corrected chi connectivity index (χ0v) is 16.1. The fourth-order valence-corrected chi connectivity index (χ4v) is 4.00. The first kappa shape index (κ1) is 20.1. The molecule has 0 aromatic heterocycles. The molecular weight excluding hydrogens is 368 g/mol. The molecule has 1 N–H and O–H groups in total. The summed E-state index contributed by atoms with van der Waals surface area (Å²) in [6, 6.07) is 4.93.